The molecule has 0 bridgehead atoms. The Kier molecular flexibility index (Phi) is 6.39. The molecule has 0 saturated heterocycles. The predicted octanol–water partition coefficient (Wildman–Crippen LogP) is 1.14. The Bertz CT molecular complexity index is 499. The van der Waals surface area contributed by atoms with E-state index in [2.05, 4.69) is 22.7 Å². The lowest BCUT2D eigenvalue weighted by molar-refractivity contribution is 0.0956. The molecule has 1 aliphatic rings. The maximum absolute atomic E-state index is 12.0. The molecule has 0 aliphatic heterocycles. The fourth-order valence-corrected chi connectivity index (χ4v) is 3.05. The van der Waals surface area contributed by atoms with Crippen LogP contribution in [0, 0.1) is 0 Å². The minimum Gasteiger partial charge on any atom is -0.382 e. The molecule has 0 fully saturated rings. The highest BCUT2D eigenvalue weighted by Gasteiger charge is 2.28. The highest BCUT2D eigenvalue weighted by Crippen LogP contribution is 2.25. The van der Waals surface area contributed by atoms with Gasteiger partial charge in [-0.3, -0.25) is 9.48 Å². The quantitative estimate of drug-likeness (QED) is 0.707. The smallest absolute Gasteiger partial charge is 0.271 e. The summed E-state index contributed by atoms with van der Waals surface area (Å²) in [5.41, 5.74) is 2.95. The molecular formula is C16H28N4O2. The number of aromatic nitrogens is 2. The molecule has 0 aromatic carbocycles. The van der Waals surface area contributed by atoms with Crippen molar-refractivity contribution in [2.24, 2.45) is 0 Å². The maximum Gasteiger partial charge on any atom is 0.271 e. The molecule has 0 saturated carbocycles. The Hall–Kier alpha value is -1.40. The molecule has 0 radical (unpaired) electrons. The molecule has 2 rings (SSSR count). The lowest BCUT2D eigenvalue weighted by atomic mass is 9.91. The molecule has 1 aliphatic carbocycles. The molecule has 22 heavy (non-hydrogen) atoms. The number of nitrogens with one attached hydrogen (secondary N) is 2. The van der Waals surface area contributed by atoms with Crippen molar-refractivity contribution in [2.75, 3.05) is 26.8 Å². The lowest BCUT2D eigenvalue weighted by Crippen LogP contribution is -2.36. The second-order valence-corrected chi connectivity index (χ2v) is 5.61. The third-order valence-corrected chi connectivity index (χ3v) is 4.19. The first kappa shape index (κ1) is 17.0. The highest BCUT2D eigenvalue weighted by atomic mass is 16.5. The Balaban J connectivity index is 1.99. The van der Waals surface area contributed by atoms with Crippen LogP contribution < -0.4 is 10.6 Å². The van der Waals surface area contributed by atoms with Crippen molar-refractivity contribution >= 4 is 5.91 Å². The van der Waals surface area contributed by atoms with Gasteiger partial charge in [-0.15, -0.1) is 0 Å². The zero-order chi connectivity index (χ0) is 15.9. The molecule has 1 heterocycles. The second kappa shape index (κ2) is 8.29. The van der Waals surface area contributed by atoms with E-state index < -0.39 is 0 Å². The van der Waals surface area contributed by atoms with E-state index in [0.717, 1.165) is 57.6 Å². The van der Waals surface area contributed by atoms with Gasteiger partial charge in [0.1, 0.15) is 0 Å². The van der Waals surface area contributed by atoms with Crippen LogP contribution in [0.15, 0.2) is 0 Å². The van der Waals surface area contributed by atoms with Crippen molar-refractivity contribution in [1.29, 1.82) is 0 Å². The van der Waals surface area contributed by atoms with Crippen molar-refractivity contribution in [3.63, 3.8) is 0 Å². The van der Waals surface area contributed by atoms with Crippen molar-refractivity contribution in [3.05, 3.63) is 17.0 Å². The van der Waals surface area contributed by atoms with Gasteiger partial charge in [0.05, 0.1) is 0 Å². The third-order valence-electron chi connectivity index (χ3n) is 4.19. The normalized spacial score (nSPS) is 17.3. The minimum absolute atomic E-state index is 0.0829. The van der Waals surface area contributed by atoms with Crippen LogP contribution in [-0.2, 0) is 24.1 Å². The Labute approximate surface area is 132 Å². The van der Waals surface area contributed by atoms with E-state index >= 15 is 0 Å². The summed E-state index contributed by atoms with van der Waals surface area (Å²) in [6.07, 6.45) is 3.98. The fourth-order valence-electron chi connectivity index (χ4n) is 3.05. The molecule has 1 amide bonds. The number of aryl methyl sites for hydroxylation is 1. The van der Waals surface area contributed by atoms with Crippen LogP contribution in [-0.4, -0.2) is 48.5 Å². The van der Waals surface area contributed by atoms with Gasteiger partial charge in [0.15, 0.2) is 5.69 Å². The van der Waals surface area contributed by atoms with E-state index in [1.807, 2.05) is 11.6 Å². The Morgan fingerprint density at radius 1 is 1.45 bits per heavy atom. The second-order valence-electron chi connectivity index (χ2n) is 5.61. The van der Waals surface area contributed by atoms with Crippen molar-refractivity contribution < 1.29 is 9.53 Å². The average molecular weight is 308 g/mol. The predicted molar refractivity (Wildman–Crippen MR) is 86.2 cm³/mol. The molecule has 6 nitrogen and oxygen atoms in total. The summed E-state index contributed by atoms with van der Waals surface area (Å²) in [5.74, 6) is -0.0829. The van der Waals surface area contributed by atoms with Crippen LogP contribution in [0.25, 0.3) is 0 Å². The molecule has 1 atom stereocenters. The van der Waals surface area contributed by atoms with E-state index in [1.165, 1.54) is 5.69 Å². The van der Waals surface area contributed by atoms with Gasteiger partial charge in [-0.2, -0.15) is 5.10 Å². The molecule has 1 unspecified atom stereocenters. The molecule has 0 spiro atoms. The summed E-state index contributed by atoms with van der Waals surface area (Å²) >= 11 is 0. The van der Waals surface area contributed by atoms with Gasteiger partial charge in [-0.05, 0) is 46.1 Å². The first-order valence-corrected chi connectivity index (χ1v) is 8.32. The maximum atomic E-state index is 12.0. The SMILES string of the molecule is CCOCCCNC1CCc2c(c(C(=O)NC)nn2CC)C1. The van der Waals surface area contributed by atoms with Gasteiger partial charge in [0.2, 0.25) is 0 Å². The summed E-state index contributed by atoms with van der Waals surface area (Å²) in [5, 5.41) is 10.8. The lowest BCUT2D eigenvalue weighted by Gasteiger charge is -2.24. The summed E-state index contributed by atoms with van der Waals surface area (Å²) in [6.45, 7) is 7.43. The number of hydrogen-bond acceptors (Lipinski definition) is 4. The van der Waals surface area contributed by atoms with Crippen molar-refractivity contribution in [2.45, 2.75) is 52.1 Å². The highest BCUT2D eigenvalue weighted by molar-refractivity contribution is 5.93. The van der Waals surface area contributed by atoms with Crippen molar-refractivity contribution in [1.82, 2.24) is 20.4 Å². The number of carbonyl (C=O) groups is 1. The van der Waals surface area contributed by atoms with E-state index in [9.17, 15) is 4.79 Å². The van der Waals surface area contributed by atoms with Crippen LogP contribution in [0.1, 0.15) is 48.4 Å². The Morgan fingerprint density at radius 3 is 2.95 bits per heavy atom. The topological polar surface area (TPSA) is 68.2 Å². The van der Waals surface area contributed by atoms with Crippen LogP contribution in [0.5, 0.6) is 0 Å². The largest absolute Gasteiger partial charge is 0.382 e. The monoisotopic (exact) mass is 308 g/mol. The number of hydrogen-bond donors (Lipinski definition) is 2. The summed E-state index contributed by atoms with van der Waals surface area (Å²) in [7, 11) is 1.66. The van der Waals surface area contributed by atoms with Gasteiger partial charge in [-0.25, -0.2) is 0 Å². The first-order chi connectivity index (χ1) is 10.7. The fraction of sp³-hybridized carbons (Fsp3) is 0.750. The Morgan fingerprint density at radius 2 is 2.27 bits per heavy atom. The van der Waals surface area contributed by atoms with Gasteiger partial charge in [0, 0.05) is 44.1 Å². The number of amides is 1. The van der Waals surface area contributed by atoms with Crippen molar-refractivity contribution in [3.8, 4) is 0 Å². The standard InChI is InChI=1S/C16H28N4O2/c1-4-20-14-8-7-12(18-9-6-10-22-5-2)11-13(14)15(19-20)16(21)17-3/h12,18H,4-11H2,1-3H3,(H,17,21). The number of ether oxygens (including phenoxy) is 1. The van der Waals surface area contributed by atoms with Crippen LogP contribution in [0.2, 0.25) is 0 Å². The first-order valence-electron chi connectivity index (χ1n) is 8.32. The van der Waals surface area contributed by atoms with E-state index in [1.54, 1.807) is 7.05 Å². The van der Waals surface area contributed by atoms with Gasteiger partial charge < -0.3 is 15.4 Å². The number of nitrogens with zero attached hydrogens (tertiary/aromatic N) is 2. The number of fused-ring (bicyclic) bond motifs is 1. The molecule has 1 aromatic heterocycles. The van der Waals surface area contributed by atoms with Crippen LogP contribution in [0.4, 0.5) is 0 Å². The summed E-state index contributed by atoms with van der Waals surface area (Å²) in [4.78, 5) is 12.0. The number of carbonyl (C=O) groups excluding carboxylic acids is 1. The minimum atomic E-state index is -0.0829. The zero-order valence-corrected chi connectivity index (χ0v) is 13.9. The summed E-state index contributed by atoms with van der Waals surface area (Å²) < 4.78 is 7.33. The summed E-state index contributed by atoms with van der Waals surface area (Å²) in [6, 6.07) is 0.423. The third kappa shape index (κ3) is 3.87. The van der Waals surface area contributed by atoms with Gasteiger partial charge >= 0.3 is 0 Å². The van der Waals surface area contributed by atoms with E-state index in [-0.39, 0.29) is 5.91 Å². The molecule has 1 aromatic rings. The van der Waals surface area contributed by atoms with Gasteiger partial charge in [-0.1, -0.05) is 0 Å². The van der Waals surface area contributed by atoms with E-state index in [4.69, 9.17) is 4.74 Å². The van der Waals surface area contributed by atoms with Gasteiger partial charge in [0.25, 0.3) is 5.91 Å². The average Bonchev–Trinajstić information content (AvgIpc) is 2.92. The number of rotatable bonds is 8. The van der Waals surface area contributed by atoms with Crippen LogP contribution >= 0.6 is 0 Å². The van der Waals surface area contributed by atoms with Crippen LogP contribution in [0.3, 0.4) is 0 Å². The van der Waals surface area contributed by atoms with E-state index in [0.29, 0.717) is 11.7 Å². The molecule has 2 N–H and O–H groups in total. The molecule has 6 heteroatoms. The molecular weight excluding hydrogens is 280 g/mol. The zero-order valence-electron chi connectivity index (χ0n) is 13.9. The molecule has 124 valence electrons.